The van der Waals surface area contributed by atoms with Crippen molar-refractivity contribution in [3.05, 3.63) is 206 Å². The number of aromatic nitrogens is 1. The van der Waals surface area contributed by atoms with Gasteiger partial charge in [-0.3, -0.25) is 0 Å². The number of fused-ring (bicyclic) bond motifs is 7. The molecule has 0 N–H and O–H groups in total. The largest absolute Gasteiger partial charge is 0.456 e. The highest BCUT2D eigenvalue weighted by molar-refractivity contribution is 6.10. The van der Waals surface area contributed by atoms with Crippen LogP contribution in [0, 0.1) is 0 Å². The zero-order chi connectivity index (χ0) is 36.3. The van der Waals surface area contributed by atoms with Crippen molar-refractivity contribution in [2.45, 2.75) is 0 Å². The molecule has 2 aromatic heterocycles. The van der Waals surface area contributed by atoms with Crippen molar-refractivity contribution in [3.8, 4) is 27.9 Å². The summed E-state index contributed by atoms with van der Waals surface area (Å²) in [5, 5.41) is 7.23. The van der Waals surface area contributed by atoms with E-state index in [9.17, 15) is 0 Å². The lowest BCUT2D eigenvalue weighted by Crippen LogP contribution is -2.09. The molecule has 0 unspecified atom stereocenters. The molecule has 0 atom stereocenters. The molecule has 3 heteroatoms. The lowest BCUT2D eigenvalue weighted by Gasteiger charge is -2.26. The predicted octanol–water partition coefficient (Wildman–Crippen LogP) is 14.6. The maximum Gasteiger partial charge on any atom is 0.137 e. The van der Waals surface area contributed by atoms with Crippen molar-refractivity contribution in [1.82, 2.24) is 4.57 Å². The van der Waals surface area contributed by atoms with Crippen molar-refractivity contribution >= 4 is 71.6 Å². The van der Waals surface area contributed by atoms with Crippen LogP contribution in [0.1, 0.15) is 0 Å². The highest BCUT2D eigenvalue weighted by Gasteiger charge is 2.17. The molecule has 0 saturated carbocycles. The molecule has 2 heterocycles. The molecule has 0 bridgehead atoms. The van der Waals surface area contributed by atoms with Gasteiger partial charge in [-0.25, -0.2) is 0 Å². The van der Waals surface area contributed by atoms with E-state index in [4.69, 9.17) is 4.42 Å². The van der Waals surface area contributed by atoms with E-state index in [1.807, 2.05) is 12.1 Å². The number of para-hydroxylation sites is 3. The summed E-state index contributed by atoms with van der Waals surface area (Å²) in [6, 6.07) is 74.0. The van der Waals surface area contributed by atoms with Gasteiger partial charge < -0.3 is 13.9 Å². The quantitative estimate of drug-likeness (QED) is 0.172. The van der Waals surface area contributed by atoms with Crippen molar-refractivity contribution < 1.29 is 4.42 Å². The van der Waals surface area contributed by atoms with Gasteiger partial charge >= 0.3 is 0 Å². The van der Waals surface area contributed by atoms with E-state index in [2.05, 4.69) is 204 Å². The van der Waals surface area contributed by atoms with Crippen molar-refractivity contribution in [3.63, 3.8) is 0 Å². The van der Waals surface area contributed by atoms with E-state index >= 15 is 0 Å². The number of furan rings is 1. The zero-order valence-electron chi connectivity index (χ0n) is 29.9. The number of hydrogen-bond acceptors (Lipinski definition) is 2. The fraction of sp³-hybridized carbons (Fsp3) is 0. The first-order valence-electron chi connectivity index (χ1n) is 18.7. The highest BCUT2D eigenvalue weighted by Crippen LogP contribution is 2.41. The lowest BCUT2D eigenvalue weighted by molar-refractivity contribution is 0.669. The third-order valence-electron chi connectivity index (χ3n) is 11.0. The van der Waals surface area contributed by atoms with Gasteiger partial charge in [0.05, 0.1) is 11.0 Å². The zero-order valence-corrected chi connectivity index (χ0v) is 29.9. The second kappa shape index (κ2) is 12.6. The molecule has 11 aromatic rings. The van der Waals surface area contributed by atoms with Crippen LogP contribution in [0.2, 0.25) is 0 Å². The van der Waals surface area contributed by atoms with Gasteiger partial charge in [-0.2, -0.15) is 0 Å². The Morgan fingerprint density at radius 1 is 0.327 bits per heavy atom. The molecule has 9 aromatic carbocycles. The van der Waals surface area contributed by atoms with E-state index in [1.54, 1.807) is 0 Å². The SMILES string of the molecule is c1ccc(-n2c3ccccc3c3cc(-c4ccc(N(c5ccc(-c6ccc7ccccc7c6)cc5)c5ccc6c(c5)oc5ccccc56)cc4)ccc32)cc1. The van der Waals surface area contributed by atoms with Crippen LogP contribution in [-0.2, 0) is 0 Å². The van der Waals surface area contributed by atoms with Crippen LogP contribution < -0.4 is 4.90 Å². The minimum absolute atomic E-state index is 0.871. The Balaban J connectivity index is 1.00. The first-order chi connectivity index (χ1) is 27.2. The fourth-order valence-corrected chi connectivity index (χ4v) is 8.28. The summed E-state index contributed by atoms with van der Waals surface area (Å²) < 4.78 is 8.73. The summed E-state index contributed by atoms with van der Waals surface area (Å²) in [5.74, 6) is 0. The number of anilines is 3. The summed E-state index contributed by atoms with van der Waals surface area (Å²) in [5.41, 5.74) is 13.3. The molecule has 0 saturated heterocycles. The second-order valence-corrected chi connectivity index (χ2v) is 14.2. The Hall–Kier alpha value is -7.36. The van der Waals surface area contributed by atoms with Gasteiger partial charge in [-0.05, 0) is 112 Å². The molecule has 0 fully saturated rings. The van der Waals surface area contributed by atoms with E-state index in [1.165, 1.54) is 54.8 Å². The number of hydrogen-bond donors (Lipinski definition) is 0. The lowest BCUT2D eigenvalue weighted by atomic mass is 10.0. The van der Waals surface area contributed by atoms with E-state index in [0.717, 1.165) is 44.7 Å². The monoisotopic (exact) mass is 702 g/mol. The van der Waals surface area contributed by atoms with E-state index in [-0.39, 0.29) is 0 Å². The topological polar surface area (TPSA) is 21.3 Å². The standard InChI is InChI=1S/C52H34N2O/c1-2-12-41(13-3-1)54-49-16-8-6-14-45(49)48-33-40(24-31-50(48)54)37-22-27-43(28-23-37)53(44-29-30-47-46-15-7-9-17-51(46)55-52(47)34-44)42-25-20-36(21-26-42)39-19-18-35-10-4-5-11-38(35)32-39/h1-34H. The minimum Gasteiger partial charge on any atom is -0.456 e. The predicted molar refractivity (Wildman–Crippen MR) is 231 cm³/mol. The molecule has 0 aliphatic carbocycles. The highest BCUT2D eigenvalue weighted by atomic mass is 16.3. The van der Waals surface area contributed by atoms with E-state index < -0.39 is 0 Å². The maximum absolute atomic E-state index is 6.37. The minimum atomic E-state index is 0.871. The average Bonchev–Trinajstić information content (AvgIpc) is 3.79. The summed E-state index contributed by atoms with van der Waals surface area (Å²) in [7, 11) is 0. The Morgan fingerprint density at radius 3 is 1.67 bits per heavy atom. The van der Waals surface area contributed by atoms with Gasteiger partial charge in [-0.1, -0.05) is 121 Å². The molecule has 11 rings (SSSR count). The molecule has 0 amide bonds. The normalized spacial score (nSPS) is 11.6. The molecule has 0 aliphatic rings. The molecule has 0 spiro atoms. The first-order valence-corrected chi connectivity index (χ1v) is 18.7. The van der Waals surface area contributed by atoms with Gasteiger partial charge in [0.15, 0.2) is 0 Å². The van der Waals surface area contributed by atoms with Crippen LogP contribution in [0.4, 0.5) is 17.1 Å². The number of nitrogens with zero attached hydrogens (tertiary/aromatic N) is 2. The summed E-state index contributed by atoms with van der Waals surface area (Å²) in [6.45, 7) is 0. The average molecular weight is 703 g/mol. The number of rotatable bonds is 6. The van der Waals surface area contributed by atoms with Crippen LogP contribution in [0.15, 0.2) is 211 Å². The van der Waals surface area contributed by atoms with Gasteiger partial charge in [0, 0.05) is 50.4 Å². The third-order valence-corrected chi connectivity index (χ3v) is 11.0. The Bertz CT molecular complexity index is 3190. The van der Waals surface area contributed by atoms with Crippen LogP contribution in [0.5, 0.6) is 0 Å². The summed E-state index contributed by atoms with van der Waals surface area (Å²) in [4.78, 5) is 2.32. The van der Waals surface area contributed by atoms with Crippen molar-refractivity contribution in [2.24, 2.45) is 0 Å². The summed E-state index contributed by atoms with van der Waals surface area (Å²) >= 11 is 0. The first kappa shape index (κ1) is 31.2. The molecule has 0 radical (unpaired) electrons. The van der Waals surface area contributed by atoms with Gasteiger partial charge in [0.1, 0.15) is 11.2 Å². The molecule has 258 valence electrons. The maximum atomic E-state index is 6.37. The van der Waals surface area contributed by atoms with Crippen molar-refractivity contribution in [1.29, 1.82) is 0 Å². The fourth-order valence-electron chi connectivity index (χ4n) is 8.28. The van der Waals surface area contributed by atoms with E-state index in [0.29, 0.717) is 0 Å². The Morgan fingerprint density at radius 2 is 0.891 bits per heavy atom. The van der Waals surface area contributed by atoms with Crippen LogP contribution in [0.25, 0.3) is 82.5 Å². The third kappa shape index (κ3) is 5.28. The van der Waals surface area contributed by atoms with Gasteiger partial charge in [-0.15, -0.1) is 0 Å². The smallest absolute Gasteiger partial charge is 0.137 e. The second-order valence-electron chi connectivity index (χ2n) is 14.2. The van der Waals surface area contributed by atoms with Gasteiger partial charge in [0.2, 0.25) is 0 Å². The molecule has 3 nitrogen and oxygen atoms in total. The van der Waals surface area contributed by atoms with Crippen LogP contribution in [-0.4, -0.2) is 4.57 Å². The van der Waals surface area contributed by atoms with Crippen molar-refractivity contribution in [2.75, 3.05) is 4.90 Å². The Kier molecular flexibility index (Phi) is 7.17. The molecule has 55 heavy (non-hydrogen) atoms. The molecule has 0 aliphatic heterocycles. The summed E-state index contributed by atoms with van der Waals surface area (Å²) in [6.07, 6.45) is 0. The van der Waals surface area contributed by atoms with Crippen LogP contribution >= 0.6 is 0 Å². The molecular weight excluding hydrogens is 669 g/mol. The van der Waals surface area contributed by atoms with Crippen LogP contribution in [0.3, 0.4) is 0 Å². The Labute approximate surface area is 318 Å². The molecular formula is C52H34N2O. The number of benzene rings is 9. The van der Waals surface area contributed by atoms with Gasteiger partial charge in [0.25, 0.3) is 0 Å².